The van der Waals surface area contributed by atoms with E-state index in [1.54, 1.807) is 0 Å². The Morgan fingerprint density at radius 1 is 0.704 bits per heavy atom. The van der Waals surface area contributed by atoms with Gasteiger partial charge in [-0.05, 0) is 14.9 Å². The molecule has 0 fully saturated rings. The van der Waals surface area contributed by atoms with E-state index >= 15 is 4.39 Å². The number of benzene rings is 2. The topological polar surface area (TPSA) is 0 Å². The Labute approximate surface area is 152 Å². The molecule has 0 saturated carbocycles. The molecule has 140 valence electrons. The van der Waals surface area contributed by atoms with Crippen LogP contribution in [-0.4, -0.2) is 18.7 Å². The fourth-order valence-electron chi connectivity index (χ4n) is 3.17. The zero-order valence-electron chi connectivity index (χ0n) is 13.3. The second kappa shape index (κ2) is 7.13. The number of hydrogen-bond donors (Lipinski definition) is 0. The molecule has 1 unspecified atom stereocenters. The summed E-state index contributed by atoms with van der Waals surface area (Å²) in [7, 11) is 0. The summed E-state index contributed by atoms with van der Waals surface area (Å²) in [5, 5.41) is 0. The van der Waals surface area contributed by atoms with Crippen LogP contribution in [0.3, 0.4) is 0 Å². The Morgan fingerprint density at radius 2 is 1.11 bits per heavy atom. The van der Waals surface area contributed by atoms with Crippen LogP contribution in [0.5, 0.6) is 0 Å². The molecule has 0 heterocycles. The molecule has 0 saturated heterocycles. The molecular weight excluding hydrogens is 395 g/mol. The number of hydrogen-bond acceptors (Lipinski definition) is 0. The Balaban J connectivity index is 2.33. The van der Waals surface area contributed by atoms with Crippen molar-refractivity contribution >= 4 is 23.0 Å². The Morgan fingerprint density at radius 3 is 1.48 bits per heavy atom. The van der Waals surface area contributed by atoms with Crippen molar-refractivity contribution in [2.75, 3.05) is 0 Å². The third-order valence-corrected chi connectivity index (χ3v) is 7.85. The molecule has 0 N–H and O–H groups in total. The highest BCUT2D eigenvalue weighted by Gasteiger charge is 2.52. The first kappa shape index (κ1) is 19.6. The molecule has 1 atom stereocenters. The Hall–Kier alpha value is -2.11. The molecule has 0 amide bonds. The SMILES string of the molecule is FC1=CC=C[C](F)([Al]([c]2c(F)cc(F)cc2F)[c]2c(F)cc(F)cc2F)C1. The summed E-state index contributed by atoms with van der Waals surface area (Å²) >= 11 is -4.25. The van der Waals surface area contributed by atoms with E-state index < -0.39 is 74.7 Å². The van der Waals surface area contributed by atoms with Crippen molar-refractivity contribution in [3.8, 4) is 0 Å². The van der Waals surface area contributed by atoms with Gasteiger partial charge in [0.1, 0.15) is 40.7 Å². The van der Waals surface area contributed by atoms with E-state index in [-0.39, 0.29) is 24.3 Å². The van der Waals surface area contributed by atoms with E-state index in [1.165, 1.54) is 0 Å². The van der Waals surface area contributed by atoms with Crippen molar-refractivity contribution in [1.82, 2.24) is 0 Å². The molecule has 2 aromatic carbocycles. The average molecular weight is 404 g/mol. The molecule has 0 radical (unpaired) electrons. The van der Waals surface area contributed by atoms with E-state index in [4.69, 9.17) is 0 Å². The molecule has 27 heavy (non-hydrogen) atoms. The molecule has 0 bridgehead atoms. The largest absolute Gasteiger partial charge is 0.421 e. The lowest BCUT2D eigenvalue weighted by atomic mass is 10.1. The van der Waals surface area contributed by atoms with Gasteiger partial charge in [0.2, 0.25) is 0 Å². The lowest BCUT2D eigenvalue weighted by Gasteiger charge is -2.30. The van der Waals surface area contributed by atoms with Gasteiger partial charge < -0.3 is 0 Å². The first-order valence-corrected chi connectivity index (χ1v) is 9.37. The van der Waals surface area contributed by atoms with Gasteiger partial charge in [-0.1, -0.05) is 12.2 Å². The van der Waals surface area contributed by atoms with Crippen molar-refractivity contribution in [2.45, 2.75) is 11.0 Å². The predicted molar refractivity (Wildman–Crippen MR) is 84.4 cm³/mol. The second-order valence-corrected chi connectivity index (χ2v) is 9.06. The van der Waals surface area contributed by atoms with Gasteiger partial charge >= 0.3 is 14.1 Å². The van der Waals surface area contributed by atoms with Crippen molar-refractivity contribution in [1.29, 1.82) is 0 Å². The van der Waals surface area contributed by atoms with Crippen LogP contribution in [0, 0.1) is 34.9 Å². The summed E-state index contributed by atoms with van der Waals surface area (Å²) in [6.07, 6.45) is 1.53. The highest BCUT2D eigenvalue weighted by atomic mass is 27.2. The third-order valence-electron chi connectivity index (χ3n) is 4.24. The van der Waals surface area contributed by atoms with Crippen molar-refractivity contribution in [3.05, 3.63) is 83.2 Å². The molecule has 0 aromatic heterocycles. The fraction of sp³-hybridized carbons (Fsp3) is 0.111. The van der Waals surface area contributed by atoms with Crippen molar-refractivity contribution in [2.24, 2.45) is 0 Å². The maximum Gasteiger partial charge on any atom is 0.421 e. The number of allylic oxidation sites excluding steroid dienone is 4. The summed E-state index contributed by atoms with van der Waals surface area (Å²) < 4.78 is 108. The van der Waals surface area contributed by atoms with Crippen molar-refractivity contribution in [3.63, 3.8) is 0 Å². The Bertz CT molecular complexity index is 864. The van der Waals surface area contributed by atoms with E-state index in [9.17, 15) is 30.7 Å². The summed E-state index contributed by atoms with van der Waals surface area (Å²) in [6, 6.07) is 0.944. The fourth-order valence-corrected chi connectivity index (χ4v) is 6.56. The van der Waals surface area contributed by atoms with Crippen LogP contribution in [0.25, 0.3) is 0 Å². The number of rotatable bonds is 3. The normalized spacial score (nSPS) is 19.2. The van der Waals surface area contributed by atoms with Crippen LogP contribution in [0.2, 0.25) is 0 Å². The molecule has 2 aromatic rings. The molecule has 0 nitrogen and oxygen atoms in total. The molecule has 0 spiro atoms. The first-order chi connectivity index (χ1) is 12.6. The van der Waals surface area contributed by atoms with E-state index in [0.29, 0.717) is 0 Å². The molecular formula is C18H9AlF8. The zero-order valence-corrected chi connectivity index (χ0v) is 14.5. The summed E-state index contributed by atoms with van der Waals surface area (Å²) in [5.74, 6) is -9.90. The van der Waals surface area contributed by atoms with E-state index in [0.717, 1.165) is 18.2 Å². The highest BCUT2D eigenvalue weighted by Crippen LogP contribution is 2.32. The van der Waals surface area contributed by atoms with Crippen LogP contribution in [0.1, 0.15) is 6.42 Å². The van der Waals surface area contributed by atoms with Crippen LogP contribution in [-0.2, 0) is 0 Å². The molecule has 9 heteroatoms. The monoisotopic (exact) mass is 404 g/mol. The zero-order chi connectivity index (χ0) is 19.9. The van der Waals surface area contributed by atoms with Gasteiger partial charge in [-0.15, -0.1) is 0 Å². The average Bonchev–Trinajstić information content (AvgIpc) is 2.51. The standard InChI is InChI=1S/2C6H2F3.C6H5F2.Al/c2*7-4-1-5(8)3-6(9)2-4;7-5-2-1-3-6(8)4-5;/h2*1-2H;1-3H,4H2;. The van der Waals surface area contributed by atoms with Crippen LogP contribution >= 0.6 is 0 Å². The molecule has 0 aliphatic heterocycles. The molecule has 1 aliphatic rings. The quantitative estimate of drug-likeness (QED) is 0.532. The maximum atomic E-state index is 15.6. The first-order valence-electron chi connectivity index (χ1n) is 7.64. The number of alkyl halides is 1. The highest BCUT2D eigenvalue weighted by molar-refractivity contribution is 6.88. The lowest BCUT2D eigenvalue weighted by molar-refractivity contribution is 0.311. The molecule has 1 aliphatic carbocycles. The van der Waals surface area contributed by atoms with Gasteiger partial charge in [0.25, 0.3) is 0 Å². The van der Waals surface area contributed by atoms with Gasteiger partial charge in [-0.3, -0.25) is 4.39 Å². The van der Waals surface area contributed by atoms with Gasteiger partial charge in [-0.2, -0.15) is 0 Å². The predicted octanol–water partition coefficient (Wildman–Crippen LogP) is 4.19. The number of halogens is 8. The Kier molecular flexibility index (Phi) is 5.19. The summed E-state index contributed by atoms with van der Waals surface area (Å²) in [5.41, 5.74) is 0. The van der Waals surface area contributed by atoms with Crippen molar-refractivity contribution < 1.29 is 35.1 Å². The van der Waals surface area contributed by atoms with Crippen LogP contribution < -0.4 is 8.85 Å². The van der Waals surface area contributed by atoms with Gasteiger partial charge in [0.05, 0.1) is 4.53 Å². The van der Waals surface area contributed by atoms with E-state index in [2.05, 4.69) is 0 Å². The van der Waals surface area contributed by atoms with Crippen LogP contribution in [0.15, 0.2) is 48.3 Å². The third kappa shape index (κ3) is 3.67. The van der Waals surface area contributed by atoms with E-state index in [1.807, 2.05) is 0 Å². The minimum absolute atomic E-state index is 0.236. The molecule has 3 rings (SSSR count). The van der Waals surface area contributed by atoms with Gasteiger partial charge in [-0.25, -0.2) is 30.7 Å². The minimum atomic E-state index is -4.25. The van der Waals surface area contributed by atoms with Gasteiger partial charge in [0.15, 0.2) is 0 Å². The second-order valence-electron chi connectivity index (χ2n) is 6.08. The minimum Gasteiger partial charge on any atom is -0.255 e. The summed E-state index contributed by atoms with van der Waals surface area (Å²) in [4.78, 5) is 0. The summed E-state index contributed by atoms with van der Waals surface area (Å²) in [6.45, 7) is 0. The smallest absolute Gasteiger partial charge is 0.255 e. The van der Waals surface area contributed by atoms with Gasteiger partial charge in [0, 0.05) is 30.7 Å². The van der Waals surface area contributed by atoms with Crippen LogP contribution in [0.4, 0.5) is 35.1 Å². The maximum absolute atomic E-state index is 15.6. The lowest BCUT2D eigenvalue weighted by Crippen LogP contribution is -2.61.